The third-order valence-electron chi connectivity index (χ3n) is 3.74. The largest absolute Gasteiger partial charge is 0.416 e. The second-order valence-electron chi connectivity index (χ2n) is 6.90. The van der Waals surface area contributed by atoms with E-state index in [4.69, 9.17) is 11.6 Å². The van der Waals surface area contributed by atoms with Crippen molar-refractivity contribution < 1.29 is 18.0 Å². The van der Waals surface area contributed by atoms with E-state index in [1.54, 1.807) is 0 Å². The maximum absolute atomic E-state index is 12.8. The Labute approximate surface area is 166 Å². The number of carbonyl (C=O) groups excluding carboxylic acids is 1. The van der Waals surface area contributed by atoms with Crippen LogP contribution >= 0.6 is 11.6 Å². The van der Waals surface area contributed by atoms with Crippen LogP contribution in [-0.2, 0) is 11.0 Å². The van der Waals surface area contributed by atoms with E-state index >= 15 is 0 Å². The summed E-state index contributed by atoms with van der Waals surface area (Å²) in [7, 11) is 0. The molecule has 0 radical (unpaired) electrons. The van der Waals surface area contributed by atoms with Crippen LogP contribution in [0, 0.1) is 0 Å². The first-order valence-corrected chi connectivity index (χ1v) is 9.15. The van der Waals surface area contributed by atoms with Gasteiger partial charge in [-0.3, -0.25) is 4.79 Å². The molecule has 1 aromatic heterocycles. The lowest BCUT2D eigenvalue weighted by atomic mass is 10.1. The number of rotatable bonds is 6. The van der Waals surface area contributed by atoms with Crippen LogP contribution in [-0.4, -0.2) is 28.5 Å². The summed E-state index contributed by atoms with van der Waals surface area (Å²) in [4.78, 5) is 20.6. The summed E-state index contributed by atoms with van der Waals surface area (Å²) in [5.41, 5.74) is -0.0212. The first-order valence-electron chi connectivity index (χ1n) is 8.77. The van der Waals surface area contributed by atoms with Gasteiger partial charge in [0.05, 0.1) is 17.8 Å². The molecule has 0 fully saturated rings. The number of hydrogen-bond donors (Lipinski definition) is 2. The van der Waals surface area contributed by atoms with E-state index in [0.717, 1.165) is 12.1 Å². The van der Waals surface area contributed by atoms with Gasteiger partial charge < -0.3 is 10.6 Å². The summed E-state index contributed by atoms with van der Waals surface area (Å²) in [5.74, 6) is 0.447. The molecule has 0 aliphatic heterocycles. The van der Waals surface area contributed by atoms with Crippen molar-refractivity contribution >= 4 is 23.3 Å². The monoisotopic (exact) mass is 414 g/mol. The summed E-state index contributed by atoms with van der Waals surface area (Å²) in [6, 6.07) is 4.58. The molecule has 2 N–H and O–H groups in total. The number of halogens is 4. The Morgan fingerprint density at radius 1 is 1.11 bits per heavy atom. The molecule has 28 heavy (non-hydrogen) atoms. The second kappa shape index (κ2) is 8.77. The van der Waals surface area contributed by atoms with Gasteiger partial charge in [-0.25, -0.2) is 9.97 Å². The first-order chi connectivity index (χ1) is 13.0. The SMILES string of the molecule is CC(C)NC(=O)CNc1nc(C(C)C)nc(-c2ccc(C(F)(F)F)cc2)c1Cl. The Bertz CT molecular complexity index is 836. The molecule has 0 saturated carbocycles. The van der Waals surface area contributed by atoms with Crippen LogP contribution in [0.1, 0.15) is 45.0 Å². The molecule has 0 aliphatic carbocycles. The van der Waals surface area contributed by atoms with Crippen molar-refractivity contribution in [2.45, 2.75) is 45.8 Å². The maximum Gasteiger partial charge on any atom is 0.416 e. The van der Waals surface area contributed by atoms with E-state index in [2.05, 4.69) is 20.6 Å². The highest BCUT2D eigenvalue weighted by molar-refractivity contribution is 6.35. The Morgan fingerprint density at radius 3 is 2.21 bits per heavy atom. The molecule has 152 valence electrons. The zero-order valence-electron chi connectivity index (χ0n) is 16.0. The van der Waals surface area contributed by atoms with Crippen LogP contribution in [0.4, 0.5) is 19.0 Å². The average Bonchev–Trinajstić information content (AvgIpc) is 2.59. The summed E-state index contributed by atoms with van der Waals surface area (Å²) >= 11 is 6.40. The maximum atomic E-state index is 12.8. The Morgan fingerprint density at radius 2 is 1.71 bits per heavy atom. The molecule has 1 amide bonds. The van der Waals surface area contributed by atoms with E-state index in [-0.39, 0.29) is 35.3 Å². The number of nitrogens with zero attached hydrogens (tertiary/aromatic N) is 2. The number of aromatic nitrogens is 2. The molecule has 5 nitrogen and oxygen atoms in total. The predicted octanol–water partition coefficient (Wildman–Crippen LogP) is 4.88. The number of alkyl halides is 3. The number of carbonyl (C=O) groups is 1. The zero-order valence-corrected chi connectivity index (χ0v) is 16.7. The van der Waals surface area contributed by atoms with Crippen LogP contribution in [0.15, 0.2) is 24.3 Å². The van der Waals surface area contributed by atoms with Crippen molar-refractivity contribution in [1.82, 2.24) is 15.3 Å². The minimum absolute atomic E-state index is 0.0101. The highest BCUT2D eigenvalue weighted by Gasteiger charge is 2.30. The molecule has 0 bridgehead atoms. The highest BCUT2D eigenvalue weighted by atomic mass is 35.5. The van der Waals surface area contributed by atoms with Crippen molar-refractivity contribution in [3.8, 4) is 11.3 Å². The lowest BCUT2D eigenvalue weighted by Crippen LogP contribution is -2.35. The molecular formula is C19H22ClF3N4O. The van der Waals surface area contributed by atoms with Crippen molar-refractivity contribution in [2.75, 3.05) is 11.9 Å². The lowest BCUT2D eigenvalue weighted by molar-refractivity contribution is -0.137. The van der Waals surface area contributed by atoms with Gasteiger partial charge in [0.1, 0.15) is 16.7 Å². The average molecular weight is 415 g/mol. The third-order valence-corrected chi connectivity index (χ3v) is 4.09. The third kappa shape index (κ3) is 5.58. The van der Waals surface area contributed by atoms with Gasteiger partial charge >= 0.3 is 6.18 Å². The predicted molar refractivity (Wildman–Crippen MR) is 103 cm³/mol. The van der Waals surface area contributed by atoms with Gasteiger partial charge in [-0.05, 0) is 26.0 Å². The van der Waals surface area contributed by atoms with Crippen molar-refractivity contribution in [3.05, 3.63) is 40.7 Å². The van der Waals surface area contributed by atoms with Gasteiger partial charge in [0.2, 0.25) is 5.91 Å². The first kappa shape index (κ1) is 21.9. The summed E-state index contributed by atoms with van der Waals surface area (Å²) in [5, 5.41) is 5.77. The van der Waals surface area contributed by atoms with Crippen molar-refractivity contribution in [1.29, 1.82) is 0 Å². The number of benzene rings is 1. The van der Waals surface area contributed by atoms with Crippen molar-refractivity contribution in [3.63, 3.8) is 0 Å². The summed E-state index contributed by atoms with van der Waals surface area (Å²) in [6.45, 7) is 7.41. The molecule has 1 heterocycles. The fourth-order valence-electron chi connectivity index (χ4n) is 2.39. The van der Waals surface area contributed by atoms with Crippen LogP contribution in [0.5, 0.6) is 0 Å². The Hall–Kier alpha value is -2.35. The summed E-state index contributed by atoms with van der Waals surface area (Å²) < 4.78 is 38.4. The minimum atomic E-state index is -4.42. The number of nitrogens with one attached hydrogen (secondary N) is 2. The standard InChI is InChI=1S/C19H22ClF3N4O/c1-10(2)17-26-16(12-5-7-13(8-6-12)19(21,22)23)15(20)18(27-17)24-9-14(28)25-11(3)4/h5-8,10-11H,9H2,1-4H3,(H,25,28)(H,24,26,27). The highest BCUT2D eigenvalue weighted by Crippen LogP contribution is 2.35. The van der Waals surface area contributed by atoms with E-state index < -0.39 is 11.7 Å². The molecule has 9 heteroatoms. The van der Waals surface area contributed by atoms with Gasteiger partial charge in [0, 0.05) is 17.5 Å². The van der Waals surface area contributed by atoms with E-state index in [9.17, 15) is 18.0 Å². The number of anilines is 1. The van der Waals surface area contributed by atoms with E-state index in [1.807, 2.05) is 27.7 Å². The molecule has 0 aliphatic rings. The van der Waals surface area contributed by atoms with E-state index in [1.165, 1.54) is 12.1 Å². The molecule has 1 aromatic carbocycles. The van der Waals surface area contributed by atoms with Gasteiger partial charge in [-0.15, -0.1) is 0 Å². The lowest BCUT2D eigenvalue weighted by Gasteiger charge is -2.15. The van der Waals surface area contributed by atoms with E-state index in [0.29, 0.717) is 17.1 Å². The van der Waals surface area contributed by atoms with Crippen LogP contribution in [0.25, 0.3) is 11.3 Å². The molecule has 2 aromatic rings. The number of amides is 1. The number of hydrogen-bond acceptors (Lipinski definition) is 4. The molecular weight excluding hydrogens is 393 g/mol. The fourth-order valence-corrected chi connectivity index (χ4v) is 2.65. The van der Waals surface area contributed by atoms with Crippen LogP contribution < -0.4 is 10.6 Å². The molecule has 2 rings (SSSR count). The van der Waals surface area contributed by atoms with Gasteiger partial charge in [-0.1, -0.05) is 37.6 Å². The van der Waals surface area contributed by atoms with Crippen molar-refractivity contribution in [2.24, 2.45) is 0 Å². The normalized spacial score (nSPS) is 11.8. The fraction of sp³-hybridized carbons (Fsp3) is 0.421. The Kier molecular flexibility index (Phi) is 6.87. The summed E-state index contributed by atoms with van der Waals surface area (Å²) in [6.07, 6.45) is -4.42. The molecule has 0 atom stereocenters. The Balaban J connectivity index is 2.38. The molecule has 0 unspecified atom stereocenters. The van der Waals surface area contributed by atoms with Gasteiger partial charge in [-0.2, -0.15) is 13.2 Å². The quantitative estimate of drug-likeness (QED) is 0.707. The van der Waals surface area contributed by atoms with Crippen LogP contribution in [0.3, 0.4) is 0 Å². The molecule has 0 spiro atoms. The van der Waals surface area contributed by atoms with Crippen LogP contribution in [0.2, 0.25) is 5.02 Å². The minimum Gasteiger partial charge on any atom is -0.360 e. The smallest absolute Gasteiger partial charge is 0.360 e. The zero-order chi connectivity index (χ0) is 21.1. The van der Waals surface area contributed by atoms with Gasteiger partial charge in [0.15, 0.2) is 0 Å². The van der Waals surface area contributed by atoms with Gasteiger partial charge in [0.25, 0.3) is 0 Å². The molecule has 0 saturated heterocycles. The topological polar surface area (TPSA) is 66.9 Å². The second-order valence-corrected chi connectivity index (χ2v) is 7.28.